The summed E-state index contributed by atoms with van der Waals surface area (Å²) in [7, 11) is 0. The molecule has 0 bridgehead atoms. The summed E-state index contributed by atoms with van der Waals surface area (Å²) in [6, 6.07) is 0. The Balaban J connectivity index is 3.22. The van der Waals surface area contributed by atoms with E-state index in [0.29, 0.717) is 12.8 Å². The average molecular weight is 368 g/mol. The predicted octanol–water partition coefficient (Wildman–Crippen LogP) is 7.56. The van der Waals surface area contributed by atoms with Crippen molar-refractivity contribution in [3.63, 3.8) is 0 Å². The third-order valence-electron chi connectivity index (χ3n) is 4.91. The minimum Gasteiger partial charge on any atom is -0.511 e. The van der Waals surface area contributed by atoms with Crippen LogP contribution in [0.15, 0.2) is 12.0 Å². The Hall–Kier alpha value is -0.990. The zero-order chi connectivity index (χ0) is 19.3. The fourth-order valence-corrected chi connectivity index (χ4v) is 3.22. The molecule has 0 aliphatic heterocycles. The lowest BCUT2D eigenvalue weighted by Crippen LogP contribution is -2.17. The van der Waals surface area contributed by atoms with Gasteiger partial charge in [0.05, 0.1) is 0 Å². The molecular formula is C23H45NO2. The normalized spacial score (nSPS) is 11.7. The van der Waals surface area contributed by atoms with E-state index in [2.05, 4.69) is 12.2 Å². The van der Waals surface area contributed by atoms with Crippen LogP contribution in [0.2, 0.25) is 0 Å². The van der Waals surface area contributed by atoms with Gasteiger partial charge < -0.3 is 10.4 Å². The molecule has 0 rings (SSSR count). The molecule has 26 heavy (non-hydrogen) atoms. The number of carbonyl (C=O) groups is 1. The number of rotatable bonds is 19. The summed E-state index contributed by atoms with van der Waals surface area (Å²) in [4.78, 5) is 11.6. The first-order valence-electron chi connectivity index (χ1n) is 11.4. The van der Waals surface area contributed by atoms with E-state index in [-0.39, 0.29) is 11.7 Å². The molecule has 0 aromatic carbocycles. The smallest absolute Gasteiger partial charge is 0.224 e. The van der Waals surface area contributed by atoms with E-state index in [0.717, 1.165) is 19.3 Å². The average Bonchev–Trinajstić information content (AvgIpc) is 2.63. The molecule has 154 valence electrons. The topological polar surface area (TPSA) is 49.3 Å². The Morgan fingerprint density at radius 1 is 0.654 bits per heavy atom. The van der Waals surface area contributed by atoms with Crippen LogP contribution in [0.25, 0.3) is 0 Å². The van der Waals surface area contributed by atoms with Crippen LogP contribution in [0.1, 0.15) is 129 Å². The van der Waals surface area contributed by atoms with Crippen molar-refractivity contribution in [2.45, 2.75) is 129 Å². The molecule has 0 saturated heterocycles. The molecule has 0 saturated carbocycles. The first-order chi connectivity index (χ1) is 12.7. The number of nitrogens with one attached hydrogen (secondary N) is 1. The van der Waals surface area contributed by atoms with Gasteiger partial charge in [-0.15, -0.1) is 0 Å². The Bertz CT molecular complexity index is 339. The van der Waals surface area contributed by atoms with Gasteiger partial charge >= 0.3 is 0 Å². The summed E-state index contributed by atoms with van der Waals surface area (Å²) in [5.41, 5.74) is 0. The van der Waals surface area contributed by atoms with Crippen LogP contribution in [0.5, 0.6) is 0 Å². The second-order valence-corrected chi connectivity index (χ2v) is 7.65. The van der Waals surface area contributed by atoms with Gasteiger partial charge in [0.1, 0.15) is 5.76 Å². The predicted molar refractivity (Wildman–Crippen MR) is 113 cm³/mol. The van der Waals surface area contributed by atoms with Gasteiger partial charge in [-0.25, -0.2) is 0 Å². The molecule has 0 aliphatic rings. The van der Waals surface area contributed by atoms with Crippen LogP contribution >= 0.6 is 0 Å². The molecule has 0 heterocycles. The van der Waals surface area contributed by atoms with Crippen molar-refractivity contribution >= 4 is 5.91 Å². The Morgan fingerprint density at radius 3 is 1.50 bits per heavy atom. The first-order valence-corrected chi connectivity index (χ1v) is 11.4. The standard InChI is InChI=1S/C23H45NO2/c1-3-5-6-7-8-9-10-11-12-13-14-15-16-17-18-20-23(26)24-21-22(25)19-4-2/h21,25H,3-20H2,1-2H3,(H,24,26). The maximum absolute atomic E-state index is 11.6. The number of allylic oxidation sites excluding steroid dienone is 1. The minimum atomic E-state index is 0.0161. The lowest BCUT2D eigenvalue weighted by Gasteiger charge is -2.04. The van der Waals surface area contributed by atoms with E-state index in [1.165, 1.54) is 89.7 Å². The van der Waals surface area contributed by atoms with Gasteiger partial charge in [-0.1, -0.05) is 104 Å². The van der Waals surface area contributed by atoms with Gasteiger partial charge in [-0.05, 0) is 12.8 Å². The summed E-state index contributed by atoms with van der Waals surface area (Å²) in [5, 5.41) is 12.1. The van der Waals surface area contributed by atoms with Crippen LogP contribution < -0.4 is 5.32 Å². The highest BCUT2D eigenvalue weighted by Crippen LogP contribution is 2.13. The number of aliphatic hydroxyl groups excluding tert-OH is 1. The molecule has 0 aliphatic carbocycles. The number of aliphatic hydroxyl groups is 1. The molecule has 2 N–H and O–H groups in total. The highest BCUT2D eigenvalue weighted by atomic mass is 16.3. The number of amides is 1. The van der Waals surface area contributed by atoms with E-state index in [9.17, 15) is 9.90 Å². The van der Waals surface area contributed by atoms with Crippen molar-refractivity contribution in [1.82, 2.24) is 5.32 Å². The van der Waals surface area contributed by atoms with Crippen LogP contribution in [-0.2, 0) is 4.79 Å². The lowest BCUT2D eigenvalue weighted by molar-refractivity contribution is -0.120. The number of unbranched alkanes of at least 4 members (excludes halogenated alkanes) is 14. The molecule has 0 radical (unpaired) electrons. The second kappa shape index (κ2) is 20.3. The van der Waals surface area contributed by atoms with Crippen LogP contribution in [0.3, 0.4) is 0 Å². The summed E-state index contributed by atoms with van der Waals surface area (Å²) in [6.45, 7) is 4.28. The Labute approximate surface area is 163 Å². The monoisotopic (exact) mass is 367 g/mol. The van der Waals surface area contributed by atoms with Crippen molar-refractivity contribution in [1.29, 1.82) is 0 Å². The highest BCUT2D eigenvalue weighted by Gasteiger charge is 2.00. The molecule has 0 aromatic rings. The van der Waals surface area contributed by atoms with Gasteiger partial charge in [0.2, 0.25) is 5.91 Å². The van der Waals surface area contributed by atoms with Crippen LogP contribution in [-0.4, -0.2) is 11.0 Å². The first kappa shape index (κ1) is 25.0. The minimum absolute atomic E-state index is 0.0161. The molecule has 0 fully saturated rings. The molecule has 0 aromatic heterocycles. The Kier molecular flexibility index (Phi) is 19.5. The maximum atomic E-state index is 11.6. The van der Waals surface area contributed by atoms with E-state index < -0.39 is 0 Å². The molecule has 0 unspecified atom stereocenters. The van der Waals surface area contributed by atoms with Gasteiger partial charge in [0, 0.05) is 19.0 Å². The van der Waals surface area contributed by atoms with Crippen molar-refractivity contribution in [3.05, 3.63) is 12.0 Å². The molecule has 3 heteroatoms. The third-order valence-corrected chi connectivity index (χ3v) is 4.91. The third kappa shape index (κ3) is 19.3. The fourth-order valence-electron chi connectivity index (χ4n) is 3.22. The summed E-state index contributed by atoms with van der Waals surface area (Å²) < 4.78 is 0. The summed E-state index contributed by atoms with van der Waals surface area (Å²) in [6.07, 6.45) is 23.5. The Morgan fingerprint density at radius 2 is 1.08 bits per heavy atom. The van der Waals surface area contributed by atoms with E-state index in [1.807, 2.05) is 6.92 Å². The van der Waals surface area contributed by atoms with Crippen LogP contribution in [0.4, 0.5) is 0 Å². The van der Waals surface area contributed by atoms with Crippen molar-refractivity contribution in [3.8, 4) is 0 Å². The largest absolute Gasteiger partial charge is 0.511 e. The second-order valence-electron chi connectivity index (χ2n) is 7.65. The molecule has 0 atom stereocenters. The van der Waals surface area contributed by atoms with E-state index in [1.54, 1.807) is 0 Å². The summed E-state index contributed by atoms with van der Waals surface area (Å²) in [5.74, 6) is 0.277. The SMILES string of the molecule is CCCCCCCCCCCCCCCCCC(=O)NC=C(O)CCC. The van der Waals surface area contributed by atoms with Crippen molar-refractivity contribution in [2.75, 3.05) is 0 Å². The molecule has 1 amide bonds. The number of hydrogen-bond donors (Lipinski definition) is 2. The fraction of sp³-hybridized carbons (Fsp3) is 0.870. The zero-order valence-electron chi connectivity index (χ0n) is 17.7. The van der Waals surface area contributed by atoms with Gasteiger partial charge in [0.25, 0.3) is 0 Å². The van der Waals surface area contributed by atoms with E-state index in [4.69, 9.17) is 0 Å². The molecule has 3 nitrogen and oxygen atoms in total. The quantitative estimate of drug-likeness (QED) is 0.183. The zero-order valence-corrected chi connectivity index (χ0v) is 17.7. The summed E-state index contributed by atoms with van der Waals surface area (Å²) >= 11 is 0. The van der Waals surface area contributed by atoms with E-state index >= 15 is 0 Å². The van der Waals surface area contributed by atoms with Crippen molar-refractivity contribution in [2.24, 2.45) is 0 Å². The number of carbonyl (C=O) groups excluding carboxylic acids is 1. The van der Waals surface area contributed by atoms with Gasteiger partial charge in [-0.3, -0.25) is 4.79 Å². The van der Waals surface area contributed by atoms with Gasteiger partial charge in [0.15, 0.2) is 0 Å². The number of hydrogen-bond acceptors (Lipinski definition) is 2. The molecule has 0 spiro atoms. The van der Waals surface area contributed by atoms with Gasteiger partial charge in [-0.2, -0.15) is 0 Å². The van der Waals surface area contributed by atoms with Crippen LogP contribution in [0, 0.1) is 0 Å². The molecular weight excluding hydrogens is 322 g/mol. The highest BCUT2D eigenvalue weighted by molar-refractivity contribution is 5.76. The lowest BCUT2D eigenvalue weighted by atomic mass is 10.0. The maximum Gasteiger partial charge on any atom is 0.224 e. The van der Waals surface area contributed by atoms with Crippen molar-refractivity contribution < 1.29 is 9.90 Å².